The van der Waals surface area contributed by atoms with Gasteiger partial charge in [-0.05, 0) is 12.1 Å². The molecular weight excluding hydrogens is 431 g/mol. The summed E-state index contributed by atoms with van der Waals surface area (Å²) < 4.78 is 0.779. The lowest BCUT2D eigenvalue weighted by Gasteiger charge is -2.30. The molecule has 0 fully saturated rings. The van der Waals surface area contributed by atoms with Crippen molar-refractivity contribution in [2.75, 3.05) is 27.2 Å². The minimum absolute atomic E-state index is 0. The quantitative estimate of drug-likeness (QED) is 0.303. The Morgan fingerprint density at radius 3 is 2.56 bits per heavy atom. The second-order valence-electron chi connectivity index (χ2n) is 6.27. The molecule has 2 rings (SSSR count). The van der Waals surface area contributed by atoms with Crippen LogP contribution in [-0.4, -0.2) is 48.8 Å². The first kappa shape index (κ1) is 21.0. The van der Waals surface area contributed by atoms with Gasteiger partial charge < -0.3 is 20.2 Å². The number of hydrogen-bond donors (Lipinski definition) is 1. The number of amides is 1. The number of carbonyl (C=O) groups excluding carboxylic acids is 1. The van der Waals surface area contributed by atoms with Crippen LogP contribution in [0.5, 0.6) is 0 Å². The number of quaternary nitrogens is 1. The molecular formula is C18H23IN4O2. The van der Waals surface area contributed by atoms with Crippen LogP contribution in [0, 0.1) is 5.21 Å². The highest BCUT2D eigenvalue weighted by Gasteiger charge is 2.16. The molecule has 0 radical (unpaired) electrons. The summed E-state index contributed by atoms with van der Waals surface area (Å²) in [6.07, 6.45) is 2.54. The minimum atomic E-state index is -0.173. The molecule has 25 heavy (non-hydrogen) atoms. The highest BCUT2D eigenvalue weighted by molar-refractivity contribution is 14.0. The maximum Gasteiger partial charge on any atom is 0.253 e. The van der Waals surface area contributed by atoms with Gasteiger partial charge in [0, 0.05) is 18.0 Å². The van der Waals surface area contributed by atoms with Crippen molar-refractivity contribution in [2.45, 2.75) is 6.54 Å². The molecule has 0 saturated carbocycles. The van der Waals surface area contributed by atoms with Gasteiger partial charge in [0.2, 0.25) is 0 Å². The number of likely N-dealkylation sites (N-methyl/N-ethyl adjacent to an activating group) is 1. The molecule has 0 aliphatic carbocycles. The van der Waals surface area contributed by atoms with Crippen molar-refractivity contribution < 1.29 is 9.28 Å². The van der Waals surface area contributed by atoms with Gasteiger partial charge in [0.15, 0.2) is 0 Å². The van der Waals surface area contributed by atoms with Gasteiger partial charge in [-0.25, -0.2) is 0 Å². The van der Waals surface area contributed by atoms with Crippen LogP contribution < -0.4 is 5.32 Å². The van der Waals surface area contributed by atoms with E-state index in [0.717, 1.165) is 23.8 Å². The van der Waals surface area contributed by atoms with Crippen LogP contribution in [0.2, 0.25) is 0 Å². The molecule has 1 N–H and O–H groups in total. The zero-order valence-electron chi connectivity index (χ0n) is 14.4. The fourth-order valence-corrected chi connectivity index (χ4v) is 2.40. The first-order valence-electron chi connectivity index (χ1n) is 7.76. The number of halogens is 1. The van der Waals surface area contributed by atoms with Gasteiger partial charge in [0.1, 0.15) is 6.54 Å². The van der Waals surface area contributed by atoms with E-state index in [-0.39, 0.29) is 29.9 Å². The third-order valence-electron chi connectivity index (χ3n) is 3.69. The van der Waals surface area contributed by atoms with Gasteiger partial charge in [-0.3, -0.25) is 9.78 Å². The lowest BCUT2D eigenvalue weighted by molar-refractivity contribution is -0.902. The molecule has 1 aromatic carbocycles. The number of hydrogen-bond acceptors (Lipinski definition) is 4. The third kappa shape index (κ3) is 7.18. The van der Waals surface area contributed by atoms with E-state index in [2.05, 4.69) is 41.7 Å². The van der Waals surface area contributed by atoms with Gasteiger partial charge in [0.25, 0.3) is 5.91 Å². The van der Waals surface area contributed by atoms with E-state index < -0.39 is 0 Å². The lowest BCUT2D eigenvalue weighted by Crippen LogP contribution is -2.44. The van der Waals surface area contributed by atoms with Gasteiger partial charge in [0.05, 0.1) is 38.4 Å². The number of aromatic nitrogens is 1. The van der Waals surface area contributed by atoms with Gasteiger partial charge in [-0.1, -0.05) is 30.3 Å². The van der Waals surface area contributed by atoms with Crippen LogP contribution in [-0.2, 0) is 6.54 Å². The van der Waals surface area contributed by atoms with Crippen LogP contribution >= 0.6 is 24.0 Å². The molecule has 1 amide bonds. The maximum absolute atomic E-state index is 12.1. The number of carbonyl (C=O) groups is 1. The highest BCUT2D eigenvalue weighted by atomic mass is 127. The Morgan fingerprint density at radius 2 is 1.96 bits per heavy atom. The molecule has 1 heterocycles. The Balaban J connectivity index is 0.00000312. The van der Waals surface area contributed by atoms with Crippen molar-refractivity contribution in [3.63, 3.8) is 0 Å². The maximum atomic E-state index is 12.1. The van der Waals surface area contributed by atoms with Crippen molar-refractivity contribution in [1.82, 2.24) is 10.3 Å². The monoisotopic (exact) mass is 454 g/mol. The highest BCUT2D eigenvalue weighted by Crippen LogP contribution is 2.08. The summed E-state index contributed by atoms with van der Waals surface area (Å²) in [5, 5.41) is 15.7. The molecule has 6 nitrogen and oxygen atoms in total. The molecule has 2 aromatic rings. The van der Waals surface area contributed by atoms with Crippen LogP contribution in [0.25, 0.3) is 0 Å². The summed E-state index contributed by atoms with van der Waals surface area (Å²) >= 11 is 0. The van der Waals surface area contributed by atoms with Crippen LogP contribution in [0.3, 0.4) is 0 Å². The van der Waals surface area contributed by atoms with Crippen molar-refractivity contribution in [1.29, 1.82) is 0 Å². The van der Waals surface area contributed by atoms with E-state index in [9.17, 15) is 10.0 Å². The van der Waals surface area contributed by atoms with Crippen LogP contribution in [0.4, 0.5) is 0 Å². The number of pyridine rings is 1. The molecule has 0 aliphatic heterocycles. The molecule has 7 heteroatoms. The summed E-state index contributed by atoms with van der Waals surface area (Å²) in [5.41, 5.74) is 2.17. The first-order chi connectivity index (χ1) is 11.5. The summed E-state index contributed by atoms with van der Waals surface area (Å²) in [6.45, 7) is 2.29. The Labute approximate surface area is 165 Å². The fourth-order valence-electron chi connectivity index (χ4n) is 2.40. The van der Waals surface area contributed by atoms with E-state index in [1.54, 1.807) is 12.1 Å². The first-order valence-corrected chi connectivity index (χ1v) is 7.76. The SMILES string of the molecule is C[N+](C)(CCNC(=O)c1ccc(/C=N/[O-])nc1)Cc1ccccc1.I. The largest absolute Gasteiger partial charge is 0.792 e. The number of nitrogens with one attached hydrogen (secondary N) is 1. The van der Waals surface area contributed by atoms with Crippen molar-refractivity contribution in [2.24, 2.45) is 5.16 Å². The Bertz CT molecular complexity index is 688. The number of nitrogens with zero attached hydrogens (tertiary/aromatic N) is 3. The summed E-state index contributed by atoms with van der Waals surface area (Å²) in [4.78, 5) is 16.1. The van der Waals surface area contributed by atoms with E-state index in [1.807, 2.05) is 18.2 Å². The van der Waals surface area contributed by atoms with E-state index in [1.165, 1.54) is 11.8 Å². The van der Waals surface area contributed by atoms with Crippen molar-refractivity contribution in [3.8, 4) is 0 Å². The second-order valence-corrected chi connectivity index (χ2v) is 6.27. The average molecular weight is 454 g/mol. The Morgan fingerprint density at radius 1 is 1.24 bits per heavy atom. The number of benzene rings is 1. The Hall–Kier alpha value is -2.00. The van der Waals surface area contributed by atoms with E-state index in [4.69, 9.17) is 0 Å². The fraction of sp³-hybridized carbons (Fsp3) is 0.278. The van der Waals surface area contributed by atoms with Gasteiger partial charge >= 0.3 is 0 Å². The average Bonchev–Trinajstić information content (AvgIpc) is 2.56. The molecule has 0 spiro atoms. The van der Waals surface area contributed by atoms with E-state index in [0.29, 0.717) is 17.8 Å². The number of rotatable bonds is 7. The molecule has 1 aromatic heterocycles. The van der Waals surface area contributed by atoms with Crippen molar-refractivity contribution >= 4 is 36.1 Å². The molecule has 0 aliphatic rings. The predicted octanol–water partition coefficient (Wildman–Crippen LogP) is 2.62. The minimum Gasteiger partial charge on any atom is -0.792 e. The van der Waals surface area contributed by atoms with Crippen LogP contribution in [0.15, 0.2) is 53.8 Å². The smallest absolute Gasteiger partial charge is 0.253 e. The topological polar surface area (TPSA) is 77.4 Å². The molecule has 0 atom stereocenters. The van der Waals surface area contributed by atoms with Gasteiger partial charge in [-0.2, -0.15) is 0 Å². The van der Waals surface area contributed by atoms with Crippen molar-refractivity contribution in [3.05, 3.63) is 70.7 Å². The molecule has 0 saturated heterocycles. The van der Waals surface area contributed by atoms with Crippen LogP contribution in [0.1, 0.15) is 21.6 Å². The molecule has 0 unspecified atom stereocenters. The van der Waals surface area contributed by atoms with E-state index >= 15 is 0 Å². The summed E-state index contributed by atoms with van der Waals surface area (Å²) in [5.74, 6) is -0.173. The summed E-state index contributed by atoms with van der Waals surface area (Å²) in [7, 11) is 4.27. The molecule has 0 bridgehead atoms. The predicted molar refractivity (Wildman–Crippen MR) is 110 cm³/mol. The second kappa shape index (κ2) is 10.1. The summed E-state index contributed by atoms with van der Waals surface area (Å²) in [6, 6.07) is 13.5. The lowest BCUT2D eigenvalue weighted by atomic mass is 10.2. The third-order valence-corrected chi connectivity index (χ3v) is 3.69. The normalized spacial score (nSPS) is 11.1. The zero-order chi connectivity index (χ0) is 17.4. The van der Waals surface area contributed by atoms with Gasteiger partial charge in [-0.15, -0.1) is 24.0 Å². The molecule has 134 valence electrons. The Kier molecular flexibility index (Phi) is 8.50. The zero-order valence-corrected chi connectivity index (χ0v) is 16.7. The standard InChI is InChI=1S/C18H22N4O2.HI/c1-22(2,14-15-6-4-3-5-7-15)11-10-19-18(23)16-8-9-17(13-21-24)20-12-16;/h3-9,12-13H,10-11,14H2,1-2H3,(H-,19,20,23,24);1H.